The minimum absolute atomic E-state index is 0.330. The molecule has 0 aliphatic rings. The topological polar surface area (TPSA) is 52.0 Å². The second-order valence-corrected chi connectivity index (χ2v) is 4.26. The summed E-state index contributed by atoms with van der Waals surface area (Å²) in [5.74, 6) is 0.761. The van der Waals surface area contributed by atoms with Crippen LogP contribution in [0.5, 0.6) is 0 Å². The van der Waals surface area contributed by atoms with Gasteiger partial charge < -0.3 is 10.3 Å². The molecule has 0 aliphatic heterocycles. The van der Waals surface area contributed by atoms with Crippen molar-refractivity contribution < 1.29 is 4.52 Å². The molecule has 2 rings (SSSR count). The van der Waals surface area contributed by atoms with Crippen LogP contribution in [0, 0.1) is 0 Å². The van der Waals surface area contributed by atoms with E-state index in [2.05, 4.69) is 19.0 Å². The highest BCUT2D eigenvalue weighted by atomic mass is 32.1. The lowest BCUT2D eigenvalue weighted by molar-refractivity contribution is 0.438. The van der Waals surface area contributed by atoms with E-state index in [0.29, 0.717) is 11.8 Å². The SMILES string of the molecule is CC(C)c1c(-c2ccsc2)noc1N. The molecule has 0 aromatic carbocycles. The average molecular weight is 208 g/mol. The molecule has 2 aromatic rings. The van der Waals surface area contributed by atoms with Crippen molar-refractivity contribution in [3.05, 3.63) is 22.4 Å². The first-order chi connectivity index (χ1) is 6.70. The molecule has 0 radical (unpaired) electrons. The largest absolute Gasteiger partial charge is 0.367 e. The van der Waals surface area contributed by atoms with E-state index < -0.39 is 0 Å². The molecule has 3 nitrogen and oxygen atoms in total. The number of nitrogen functional groups attached to an aromatic ring is 1. The summed E-state index contributed by atoms with van der Waals surface area (Å²) in [6.45, 7) is 4.16. The van der Waals surface area contributed by atoms with Crippen molar-refractivity contribution in [2.75, 3.05) is 5.73 Å². The Hall–Kier alpha value is -1.29. The van der Waals surface area contributed by atoms with Crippen LogP contribution in [-0.4, -0.2) is 5.16 Å². The molecule has 0 saturated heterocycles. The van der Waals surface area contributed by atoms with Crippen LogP contribution in [0.15, 0.2) is 21.3 Å². The average Bonchev–Trinajstić information content (AvgIpc) is 2.70. The van der Waals surface area contributed by atoms with E-state index in [1.165, 1.54) is 0 Å². The molecule has 0 aliphatic carbocycles. The fraction of sp³-hybridized carbons (Fsp3) is 0.300. The van der Waals surface area contributed by atoms with Crippen molar-refractivity contribution in [3.63, 3.8) is 0 Å². The number of nitrogens with two attached hydrogens (primary N) is 1. The zero-order valence-corrected chi connectivity index (χ0v) is 8.97. The Balaban J connectivity index is 2.54. The predicted octanol–water partition coefficient (Wildman–Crippen LogP) is 3.11. The quantitative estimate of drug-likeness (QED) is 0.825. The number of nitrogens with zero attached hydrogens (tertiary/aromatic N) is 1. The van der Waals surface area contributed by atoms with Gasteiger partial charge in [-0.05, 0) is 17.4 Å². The van der Waals surface area contributed by atoms with Crippen LogP contribution in [0.3, 0.4) is 0 Å². The highest BCUT2D eigenvalue weighted by Gasteiger charge is 2.18. The summed E-state index contributed by atoms with van der Waals surface area (Å²) in [4.78, 5) is 0. The van der Waals surface area contributed by atoms with Crippen molar-refractivity contribution in [1.29, 1.82) is 0 Å². The summed E-state index contributed by atoms with van der Waals surface area (Å²) >= 11 is 1.64. The highest BCUT2D eigenvalue weighted by Crippen LogP contribution is 2.33. The molecular formula is C10H12N2OS. The monoisotopic (exact) mass is 208 g/mol. The molecule has 74 valence electrons. The number of thiophene rings is 1. The van der Waals surface area contributed by atoms with Gasteiger partial charge in [-0.15, -0.1) is 0 Å². The Labute approximate surface area is 86.5 Å². The third-order valence-electron chi connectivity index (χ3n) is 2.13. The van der Waals surface area contributed by atoms with Crippen molar-refractivity contribution in [2.45, 2.75) is 19.8 Å². The van der Waals surface area contributed by atoms with E-state index in [1.54, 1.807) is 11.3 Å². The number of aromatic nitrogens is 1. The van der Waals surface area contributed by atoms with E-state index in [4.69, 9.17) is 10.3 Å². The molecule has 2 heterocycles. The Morgan fingerprint density at radius 1 is 1.50 bits per heavy atom. The molecule has 0 saturated carbocycles. The van der Waals surface area contributed by atoms with Gasteiger partial charge in [0.1, 0.15) is 5.69 Å². The van der Waals surface area contributed by atoms with Crippen molar-refractivity contribution in [3.8, 4) is 11.3 Å². The zero-order chi connectivity index (χ0) is 10.1. The standard InChI is InChI=1S/C10H12N2OS/c1-6(2)8-9(12-13-10(8)11)7-3-4-14-5-7/h3-6H,11H2,1-2H3. The molecule has 0 fully saturated rings. The van der Waals surface area contributed by atoms with Crippen LogP contribution in [0.25, 0.3) is 11.3 Å². The summed E-state index contributed by atoms with van der Waals surface area (Å²) < 4.78 is 5.01. The smallest absolute Gasteiger partial charge is 0.226 e. The molecular weight excluding hydrogens is 196 g/mol. The summed E-state index contributed by atoms with van der Waals surface area (Å²) in [5.41, 5.74) is 8.68. The summed E-state index contributed by atoms with van der Waals surface area (Å²) in [7, 11) is 0. The Kier molecular flexibility index (Phi) is 2.29. The van der Waals surface area contributed by atoms with Gasteiger partial charge in [0.05, 0.1) is 0 Å². The minimum atomic E-state index is 0.330. The maximum Gasteiger partial charge on any atom is 0.226 e. The lowest BCUT2D eigenvalue weighted by Crippen LogP contribution is -1.93. The minimum Gasteiger partial charge on any atom is -0.367 e. The van der Waals surface area contributed by atoms with E-state index in [-0.39, 0.29) is 0 Å². The van der Waals surface area contributed by atoms with Crippen LogP contribution < -0.4 is 5.73 Å². The number of anilines is 1. The van der Waals surface area contributed by atoms with Gasteiger partial charge in [-0.1, -0.05) is 19.0 Å². The Morgan fingerprint density at radius 3 is 2.86 bits per heavy atom. The van der Waals surface area contributed by atoms with Crippen molar-refractivity contribution in [2.24, 2.45) is 0 Å². The Bertz CT molecular complexity index is 417. The fourth-order valence-electron chi connectivity index (χ4n) is 1.48. The first-order valence-corrected chi connectivity index (χ1v) is 5.42. The van der Waals surface area contributed by atoms with Gasteiger partial charge in [-0.25, -0.2) is 0 Å². The van der Waals surface area contributed by atoms with E-state index in [1.807, 2.05) is 16.8 Å². The van der Waals surface area contributed by atoms with Crippen LogP contribution in [0.2, 0.25) is 0 Å². The van der Waals surface area contributed by atoms with Crippen LogP contribution in [0.1, 0.15) is 25.3 Å². The lowest BCUT2D eigenvalue weighted by Gasteiger charge is -2.03. The first kappa shape index (κ1) is 9.27. The molecule has 2 aromatic heterocycles. The number of hydrogen-bond donors (Lipinski definition) is 1. The van der Waals surface area contributed by atoms with Crippen LogP contribution in [0.4, 0.5) is 5.88 Å². The molecule has 0 bridgehead atoms. The van der Waals surface area contributed by atoms with Gasteiger partial charge in [-0.3, -0.25) is 0 Å². The maximum absolute atomic E-state index is 5.72. The fourth-order valence-corrected chi connectivity index (χ4v) is 2.12. The highest BCUT2D eigenvalue weighted by molar-refractivity contribution is 7.08. The summed E-state index contributed by atoms with van der Waals surface area (Å²) in [6.07, 6.45) is 0. The summed E-state index contributed by atoms with van der Waals surface area (Å²) in [6, 6.07) is 2.02. The van der Waals surface area contributed by atoms with E-state index in [0.717, 1.165) is 16.8 Å². The van der Waals surface area contributed by atoms with Crippen molar-refractivity contribution >= 4 is 17.2 Å². The molecule has 4 heteroatoms. The second-order valence-electron chi connectivity index (χ2n) is 3.48. The van der Waals surface area contributed by atoms with Crippen molar-refractivity contribution in [1.82, 2.24) is 5.16 Å². The van der Waals surface area contributed by atoms with Crippen LogP contribution in [-0.2, 0) is 0 Å². The van der Waals surface area contributed by atoms with E-state index >= 15 is 0 Å². The molecule has 2 N–H and O–H groups in total. The Morgan fingerprint density at radius 2 is 2.29 bits per heavy atom. The normalized spacial score (nSPS) is 11.1. The molecule has 0 atom stereocenters. The number of rotatable bonds is 2. The number of hydrogen-bond acceptors (Lipinski definition) is 4. The van der Waals surface area contributed by atoms with Gasteiger partial charge in [0.25, 0.3) is 0 Å². The summed E-state index contributed by atoms with van der Waals surface area (Å²) in [5, 5.41) is 8.05. The molecule has 14 heavy (non-hydrogen) atoms. The molecule has 0 amide bonds. The predicted molar refractivity (Wildman–Crippen MR) is 58.3 cm³/mol. The van der Waals surface area contributed by atoms with Gasteiger partial charge in [0.2, 0.25) is 5.88 Å². The molecule has 0 spiro atoms. The third-order valence-corrected chi connectivity index (χ3v) is 2.81. The zero-order valence-electron chi connectivity index (χ0n) is 8.15. The maximum atomic E-state index is 5.72. The first-order valence-electron chi connectivity index (χ1n) is 4.47. The molecule has 0 unspecified atom stereocenters. The third kappa shape index (κ3) is 1.42. The van der Waals surface area contributed by atoms with Gasteiger partial charge >= 0.3 is 0 Å². The van der Waals surface area contributed by atoms with Crippen LogP contribution >= 0.6 is 11.3 Å². The van der Waals surface area contributed by atoms with E-state index in [9.17, 15) is 0 Å². The van der Waals surface area contributed by atoms with Gasteiger partial charge in [0.15, 0.2) is 0 Å². The lowest BCUT2D eigenvalue weighted by atomic mass is 10.0. The second kappa shape index (κ2) is 3.46. The van der Waals surface area contributed by atoms with Gasteiger partial charge in [-0.2, -0.15) is 11.3 Å². The van der Waals surface area contributed by atoms with Gasteiger partial charge in [0, 0.05) is 16.5 Å².